The number of carbonyl (C=O) groups excluding carboxylic acids is 3. The molecule has 1 aromatic rings. The SMILES string of the molecule is CC(C)OC(=O)CN1C(=O)C(=O)c2c(Br)cccc21. The molecular weight excluding hydrogens is 314 g/mol. The van der Waals surface area contributed by atoms with Crippen LogP contribution in [0.4, 0.5) is 5.69 Å². The van der Waals surface area contributed by atoms with Gasteiger partial charge in [-0.25, -0.2) is 0 Å². The summed E-state index contributed by atoms with van der Waals surface area (Å²) in [4.78, 5) is 36.5. The minimum Gasteiger partial charge on any atom is -0.462 e. The molecule has 2 rings (SSSR count). The summed E-state index contributed by atoms with van der Waals surface area (Å²) in [5, 5.41) is 0. The Kier molecular flexibility index (Phi) is 3.71. The van der Waals surface area contributed by atoms with Gasteiger partial charge >= 0.3 is 5.97 Å². The molecule has 1 aliphatic heterocycles. The number of ether oxygens (including phenoxy) is 1. The Labute approximate surface area is 118 Å². The Morgan fingerprint density at radius 1 is 1.37 bits per heavy atom. The molecule has 0 saturated carbocycles. The highest BCUT2D eigenvalue weighted by molar-refractivity contribution is 9.10. The molecule has 1 heterocycles. The van der Waals surface area contributed by atoms with E-state index in [1.54, 1.807) is 32.0 Å². The van der Waals surface area contributed by atoms with Crippen LogP contribution in [0.3, 0.4) is 0 Å². The van der Waals surface area contributed by atoms with Crippen LogP contribution in [0.1, 0.15) is 24.2 Å². The standard InChI is InChI=1S/C13H12BrNO4/c1-7(2)19-10(16)6-15-9-5-3-4-8(14)11(9)12(17)13(15)18/h3-5,7H,6H2,1-2H3. The molecule has 0 aliphatic carbocycles. The molecule has 5 nitrogen and oxygen atoms in total. The predicted molar refractivity (Wildman–Crippen MR) is 72.1 cm³/mol. The molecule has 6 heteroatoms. The molecule has 0 radical (unpaired) electrons. The first-order chi connectivity index (χ1) is 8.91. The summed E-state index contributed by atoms with van der Waals surface area (Å²) in [5.41, 5.74) is 0.731. The van der Waals surface area contributed by atoms with Crippen LogP contribution < -0.4 is 4.90 Å². The largest absolute Gasteiger partial charge is 0.462 e. The lowest BCUT2D eigenvalue weighted by atomic mass is 10.1. The molecule has 19 heavy (non-hydrogen) atoms. The molecule has 0 spiro atoms. The zero-order valence-electron chi connectivity index (χ0n) is 10.5. The molecular formula is C13H12BrNO4. The Bertz CT molecular complexity index is 568. The van der Waals surface area contributed by atoms with E-state index in [0.29, 0.717) is 15.7 Å². The van der Waals surface area contributed by atoms with Crippen molar-refractivity contribution in [2.75, 3.05) is 11.4 Å². The summed E-state index contributed by atoms with van der Waals surface area (Å²) in [5.74, 6) is -1.86. The first kappa shape index (κ1) is 13.7. The van der Waals surface area contributed by atoms with Gasteiger partial charge in [-0.3, -0.25) is 19.3 Å². The van der Waals surface area contributed by atoms with Gasteiger partial charge in [-0.2, -0.15) is 0 Å². The number of rotatable bonds is 3. The molecule has 0 saturated heterocycles. The first-order valence-corrected chi connectivity index (χ1v) is 6.55. The number of carbonyl (C=O) groups is 3. The molecule has 1 amide bonds. The molecule has 1 aromatic carbocycles. The van der Waals surface area contributed by atoms with Crippen LogP contribution in [-0.4, -0.2) is 30.3 Å². The number of amides is 1. The third-order valence-electron chi connectivity index (χ3n) is 2.60. The van der Waals surface area contributed by atoms with Crippen molar-refractivity contribution in [3.63, 3.8) is 0 Å². The number of fused-ring (bicyclic) bond motifs is 1. The van der Waals surface area contributed by atoms with E-state index in [1.807, 2.05) is 0 Å². The van der Waals surface area contributed by atoms with Crippen LogP contribution in [0.15, 0.2) is 22.7 Å². The molecule has 0 N–H and O–H groups in total. The molecule has 0 atom stereocenters. The number of anilines is 1. The minimum absolute atomic E-state index is 0.258. The summed E-state index contributed by atoms with van der Waals surface area (Å²) < 4.78 is 5.53. The van der Waals surface area contributed by atoms with Gasteiger partial charge in [0.05, 0.1) is 17.4 Å². The number of Topliss-reactive ketones (excluding diaryl/α,β-unsaturated/α-hetero) is 1. The maximum Gasteiger partial charge on any atom is 0.326 e. The summed E-state index contributed by atoms with van der Waals surface area (Å²) in [7, 11) is 0. The Hall–Kier alpha value is -1.69. The van der Waals surface area contributed by atoms with Gasteiger partial charge in [0.15, 0.2) is 0 Å². The van der Waals surface area contributed by atoms with Crippen molar-refractivity contribution >= 4 is 39.3 Å². The minimum atomic E-state index is -0.706. The van der Waals surface area contributed by atoms with E-state index < -0.39 is 17.7 Å². The highest BCUT2D eigenvalue weighted by Crippen LogP contribution is 2.34. The Morgan fingerprint density at radius 3 is 2.68 bits per heavy atom. The van der Waals surface area contributed by atoms with Crippen LogP contribution in [0, 0.1) is 0 Å². The fourth-order valence-electron chi connectivity index (χ4n) is 1.89. The molecule has 1 aliphatic rings. The number of hydrogen-bond donors (Lipinski definition) is 0. The van der Waals surface area contributed by atoms with Gasteiger partial charge in [-0.1, -0.05) is 6.07 Å². The lowest BCUT2D eigenvalue weighted by molar-refractivity contribution is -0.146. The lowest BCUT2D eigenvalue weighted by Gasteiger charge is -2.16. The van der Waals surface area contributed by atoms with Crippen molar-refractivity contribution in [1.29, 1.82) is 0 Å². The third-order valence-corrected chi connectivity index (χ3v) is 3.26. The monoisotopic (exact) mass is 325 g/mol. The second kappa shape index (κ2) is 5.13. The highest BCUT2D eigenvalue weighted by atomic mass is 79.9. The van der Waals surface area contributed by atoms with E-state index in [2.05, 4.69) is 15.9 Å². The van der Waals surface area contributed by atoms with Crippen LogP contribution in [-0.2, 0) is 14.3 Å². The van der Waals surface area contributed by atoms with E-state index in [0.717, 1.165) is 4.90 Å². The zero-order valence-corrected chi connectivity index (χ0v) is 12.1. The Balaban J connectivity index is 2.29. The van der Waals surface area contributed by atoms with Crippen molar-refractivity contribution in [2.45, 2.75) is 20.0 Å². The van der Waals surface area contributed by atoms with Gasteiger partial charge in [0.2, 0.25) is 0 Å². The summed E-state index contributed by atoms with van der Waals surface area (Å²) in [6.45, 7) is 3.19. The smallest absolute Gasteiger partial charge is 0.326 e. The van der Waals surface area contributed by atoms with Crippen LogP contribution >= 0.6 is 15.9 Å². The van der Waals surface area contributed by atoms with Crippen molar-refractivity contribution in [3.05, 3.63) is 28.2 Å². The lowest BCUT2D eigenvalue weighted by Crippen LogP contribution is -2.36. The van der Waals surface area contributed by atoms with Crippen molar-refractivity contribution in [1.82, 2.24) is 0 Å². The fraction of sp³-hybridized carbons (Fsp3) is 0.308. The van der Waals surface area contributed by atoms with E-state index in [-0.39, 0.29) is 12.6 Å². The average Bonchev–Trinajstić information content (AvgIpc) is 2.55. The third kappa shape index (κ3) is 2.53. The molecule has 0 bridgehead atoms. The van der Waals surface area contributed by atoms with E-state index in [9.17, 15) is 14.4 Å². The number of benzene rings is 1. The van der Waals surface area contributed by atoms with Gasteiger partial charge in [0.1, 0.15) is 6.54 Å². The van der Waals surface area contributed by atoms with E-state index in [4.69, 9.17) is 4.74 Å². The average molecular weight is 326 g/mol. The number of hydrogen-bond acceptors (Lipinski definition) is 4. The second-order valence-corrected chi connectivity index (χ2v) is 5.25. The van der Waals surface area contributed by atoms with Gasteiger partial charge in [0, 0.05) is 4.47 Å². The van der Waals surface area contributed by atoms with E-state index in [1.165, 1.54) is 0 Å². The quantitative estimate of drug-likeness (QED) is 0.629. The number of nitrogens with zero attached hydrogens (tertiary/aromatic N) is 1. The van der Waals surface area contributed by atoms with Crippen LogP contribution in [0.25, 0.3) is 0 Å². The van der Waals surface area contributed by atoms with Gasteiger partial charge < -0.3 is 4.74 Å². The summed E-state index contributed by atoms with van der Waals surface area (Å²) in [6, 6.07) is 5.01. The maximum atomic E-state index is 11.9. The maximum absolute atomic E-state index is 11.9. The van der Waals surface area contributed by atoms with Crippen molar-refractivity contribution < 1.29 is 19.1 Å². The van der Waals surface area contributed by atoms with Crippen molar-refractivity contribution in [3.8, 4) is 0 Å². The fourth-order valence-corrected chi connectivity index (χ4v) is 2.42. The summed E-state index contributed by atoms with van der Waals surface area (Å²) >= 11 is 3.23. The summed E-state index contributed by atoms with van der Waals surface area (Å²) in [6.07, 6.45) is -0.261. The molecule has 0 fully saturated rings. The normalized spacial score (nSPS) is 14.0. The van der Waals surface area contributed by atoms with Gasteiger partial charge in [-0.05, 0) is 41.9 Å². The molecule has 0 aromatic heterocycles. The zero-order chi connectivity index (χ0) is 14.2. The molecule has 100 valence electrons. The van der Waals surface area contributed by atoms with Gasteiger partial charge in [-0.15, -0.1) is 0 Å². The second-order valence-electron chi connectivity index (χ2n) is 4.39. The highest BCUT2D eigenvalue weighted by Gasteiger charge is 2.38. The van der Waals surface area contributed by atoms with Gasteiger partial charge in [0.25, 0.3) is 11.7 Å². The number of halogens is 1. The first-order valence-electron chi connectivity index (χ1n) is 5.76. The van der Waals surface area contributed by atoms with Crippen LogP contribution in [0.2, 0.25) is 0 Å². The van der Waals surface area contributed by atoms with Crippen LogP contribution in [0.5, 0.6) is 0 Å². The molecule has 0 unspecified atom stereocenters. The Morgan fingerprint density at radius 2 is 2.05 bits per heavy atom. The van der Waals surface area contributed by atoms with Crippen molar-refractivity contribution in [2.24, 2.45) is 0 Å². The number of ketones is 1. The predicted octanol–water partition coefficient (Wildman–Crippen LogP) is 1.93. The topological polar surface area (TPSA) is 63.7 Å². The number of esters is 1. The van der Waals surface area contributed by atoms with E-state index >= 15 is 0 Å².